The molecule has 1 N–H and O–H groups in total. The van der Waals surface area contributed by atoms with Gasteiger partial charge in [0.25, 0.3) is 0 Å². The van der Waals surface area contributed by atoms with E-state index >= 15 is 0 Å². The number of hydrogen-bond acceptors (Lipinski definition) is 6. The van der Waals surface area contributed by atoms with Crippen molar-refractivity contribution in [3.63, 3.8) is 0 Å². The highest BCUT2D eigenvalue weighted by molar-refractivity contribution is 5.87. The number of aliphatic hydroxyl groups is 1. The summed E-state index contributed by atoms with van der Waals surface area (Å²) in [5.74, 6) is 0.590. The lowest BCUT2D eigenvalue weighted by Crippen LogP contribution is -2.38. The van der Waals surface area contributed by atoms with Crippen LogP contribution < -0.4 is 0 Å². The zero-order valence-electron chi connectivity index (χ0n) is 19.0. The Bertz CT molecular complexity index is 509. The number of carbonyl (C=O) groups excluding carboxylic acids is 1. The van der Waals surface area contributed by atoms with Crippen LogP contribution in [0.25, 0.3) is 0 Å². The fourth-order valence-corrected chi connectivity index (χ4v) is 2.85. The third-order valence-electron chi connectivity index (χ3n) is 4.01. The number of aliphatic hydroxyl groups excluding tert-OH is 1. The van der Waals surface area contributed by atoms with Gasteiger partial charge < -0.3 is 9.84 Å². The lowest BCUT2D eigenvalue weighted by molar-refractivity contribution is -0.165. The highest BCUT2D eigenvalue weighted by atomic mass is 16.6. The van der Waals surface area contributed by atoms with Crippen molar-refractivity contribution in [3.8, 4) is 0 Å². The number of ether oxygens (including phenoxy) is 1. The molecule has 0 heterocycles. The molecule has 0 fully saturated rings. The summed E-state index contributed by atoms with van der Waals surface area (Å²) in [6.45, 7) is 20.8. The van der Waals surface area contributed by atoms with E-state index in [0.717, 1.165) is 24.3 Å². The molecule has 1 unspecified atom stereocenters. The molecule has 0 aliphatic rings. The van der Waals surface area contributed by atoms with Gasteiger partial charge in [-0.1, -0.05) is 34.3 Å². The molecule has 162 valence electrons. The van der Waals surface area contributed by atoms with Gasteiger partial charge in [-0.3, -0.25) is 14.9 Å². The van der Waals surface area contributed by atoms with E-state index in [1.165, 1.54) is 0 Å². The molecule has 28 heavy (non-hydrogen) atoms. The molecule has 0 saturated carbocycles. The molecule has 0 aromatic rings. The normalized spacial score (nSPS) is 14.1. The second kappa shape index (κ2) is 14.5. The molecule has 0 aliphatic heterocycles. The lowest BCUT2D eigenvalue weighted by Gasteiger charge is -2.24. The largest absolute Gasteiger partial charge is 0.431 e. The molecule has 0 aliphatic carbocycles. The Morgan fingerprint density at radius 1 is 0.964 bits per heavy atom. The van der Waals surface area contributed by atoms with Gasteiger partial charge in [0, 0.05) is 30.1 Å². The van der Waals surface area contributed by atoms with E-state index in [2.05, 4.69) is 44.3 Å². The Morgan fingerprint density at radius 2 is 1.39 bits per heavy atom. The first-order chi connectivity index (χ1) is 13.0. The van der Waals surface area contributed by atoms with Crippen molar-refractivity contribution in [2.45, 2.75) is 67.6 Å². The van der Waals surface area contributed by atoms with Gasteiger partial charge in [0.2, 0.25) is 6.29 Å². The zero-order chi connectivity index (χ0) is 21.7. The Balaban J connectivity index is 4.76. The maximum absolute atomic E-state index is 11.6. The summed E-state index contributed by atoms with van der Waals surface area (Å²) in [7, 11) is 0. The minimum Gasteiger partial charge on any atom is -0.431 e. The topological polar surface area (TPSA) is 74.5 Å². The summed E-state index contributed by atoms with van der Waals surface area (Å²) >= 11 is 0. The summed E-state index contributed by atoms with van der Waals surface area (Å²) in [6.07, 6.45) is 0.778. The average Bonchev–Trinajstić information content (AvgIpc) is 2.52. The van der Waals surface area contributed by atoms with Gasteiger partial charge in [-0.25, -0.2) is 4.79 Å². The smallest absolute Gasteiger partial charge is 0.335 e. The van der Waals surface area contributed by atoms with Crippen molar-refractivity contribution in [3.05, 3.63) is 12.2 Å². The highest BCUT2D eigenvalue weighted by Gasteiger charge is 2.16. The Labute approximate surface area is 171 Å². The quantitative estimate of drug-likeness (QED) is 0.210. The Kier molecular flexibility index (Phi) is 13.7. The van der Waals surface area contributed by atoms with Crippen molar-refractivity contribution in [2.24, 2.45) is 21.8 Å². The van der Waals surface area contributed by atoms with Crippen molar-refractivity contribution in [2.75, 3.05) is 32.7 Å². The fourth-order valence-electron chi connectivity index (χ4n) is 2.85. The number of carbonyl (C=O) groups is 1. The van der Waals surface area contributed by atoms with Crippen LogP contribution in [0.1, 0.15) is 61.3 Å². The van der Waals surface area contributed by atoms with Crippen LogP contribution in [0.5, 0.6) is 0 Å². The summed E-state index contributed by atoms with van der Waals surface area (Å²) in [4.78, 5) is 22.9. The molecule has 0 spiro atoms. The predicted octanol–water partition coefficient (Wildman–Crippen LogP) is 3.74. The third kappa shape index (κ3) is 14.5. The second-order valence-electron chi connectivity index (χ2n) is 8.37. The highest BCUT2D eigenvalue weighted by Crippen LogP contribution is 2.04. The standard InChI is InChI=1S/C22H41N3O3/c1-16(2)13-19(7)23-9-11-25(12-10-24-20(8)14-17(3)4)15-21(26)28-22(27)18(5)6/h16-17,21,26H,5,9-15H2,1-4,6-8H3/b23-19+,24-20+. The maximum atomic E-state index is 11.6. The first-order valence-electron chi connectivity index (χ1n) is 10.3. The third-order valence-corrected chi connectivity index (χ3v) is 4.01. The van der Waals surface area contributed by atoms with Gasteiger partial charge in [0.1, 0.15) is 0 Å². The molecule has 1 atom stereocenters. The molecule has 6 heteroatoms. The van der Waals surface area contributed by atoms with Crippen LogP contribution in [0.15, 0.2) is 22.1 Å². The number of esters is 1. The minimum atomic E-state index is -1.19. The molecule has 6 nitrogen and oxygen atoms in total. The van der Waals surface area contributed by atoms with E-state index in [0.29, 0.717) is 38.0 Å². The molecule has 0 aromatic heterocycles. The van der Waals surface area contributed by atoms with Crippen LogP contribution in [-0.2, 0) is 9.53 Å². The van der Waals surface area contributed by atoms with Gasteiger partial charge in [0.05, 0.1) is 19.6 Å². The van der Waals surface area contributed by atoms with E-state index in [1.54, 1.807) is 6.92 Å². The Morgan fingerprint density at radius 3 is 1.75 bits per heavy atom. The number of nitrogens with zero attached hydrogens (tertiary/aromatic N) is 3. The summed E-state index contributed by atoms with van der Waals surface area (Å²) in [5.41, 5.74) is 2.54. The SMILES string of the molecule is C=C(C)C(=O)OC(O)CN(CC/N=C(\C)CC(C)C)CC/N=C(\C)CC(C)C. The molecule has 0 radical (unpaired) electrons. The van der Waals surface area contributed by atoms with Crippen LogP contribution >= 0.6 is 0 Å². The Hall–Kier alpha value is -1.53. The van der Waals surface area contributed by atoms with Gasteiger partial charge in [-0.15, -0.1) is 0 Å². The summed E-state index contributed by atoms with van der Waals surface area (Å²) < 4.78 is 5.01. The monoisotopic (exact) mass is 395 g/mol. The molecule has 0 saturated heterocycles. The maximum Gasteiger partial charge on any atom is 0.335 e. The second-order valence-corrected chi connectivity index (χ2v) is 8.37. The molecular formula is C22H41N3O3. The van der Waals surface area contributed by atoms with E-state index in [1.807, 2.05) is 18.7 Å². The first-order valence-corrected chi connectivity index (χ1v) is 10.3. The van der Waals surface area contributed by atoms with Gasteiger partial charge in [0.15, 0.2) is 0 Å². The van der Waals surface area contributed by atoms with Crippen molar-refractivity contribution in [1.29, 1.82) is 0 Å². The van der Waals surface area contributed by atoms with Crippen LogP contribution in [0.3, 0.4) is 0 Å². The van der Waals surface area contributed by atoms with Crippen molar-refractivity contribution >= 4 is 17.4 Å². The predicted molar refractivity (Wildman–Crippen MR) is 118 cm³/mol. The van der Waals surface area contributed by atoms with Gasteiger partial charge in [-0.05, 0) is 45.4 Å². The van der Waals surface area contributed by atoms with E-state index < -0.39 is 12.3 Å². The van der Waals surface area contributed by atoms with Crippen LogP contribution in [-0.4, -0.2) is 66.4 Å². The van der Waals surface area contributed by atoms with E-state index in [9.17, 15) is 9.90 Å². The first kappa shape index (κ1) is 26.5. The van der Waals surface area contributed by atoms with Crippen LogP contribution in [0.2, 0.25) is 0 Å². The molecular weight excluding hydrogens is 354 g/mol. The summed E-state index contributed by atoms with van der Waals surface area (Å²) in [6, 6.07) is 0. The minimum absolute atomic E-state index is 0.233. The van der Waals surface area contributed by atoms with Crippen molar-refractivity contribution in [1.82, 2.24) is 4.90 Å². The van der Waals surface area contributed by atoms with Gasteiger partial charge >= 0.3 is 5.97 Å². The van der Waals surface area contributed by atoms with Crippen LogP contribution in [0.4, 0.5) is 0 Å². The van der Waals surface area contributed by atoms with E-state index in [-0.39, 0.29) is 12.1 Å². The number of hydrogen-bond donors (Lipinski definition) is 1. The molecule has 0 bridgehead atoms. The van der Waals surface area contributed by atoms with Crippen molar-refractivity contribution < 1.29 is 14.6 Å². The average molecular weight is 396 g/mol. The number of aliphatic imine (C=N–C) groups is 2. The van der Waals surface area contributed by atoms with Crippen LogP contribution in [0, 0.1) is 11.8 Å². The fraction of sp³-hybridized carbons (Fsp3) is 0.773. The lowest BCUT2D eigenvalue weighted by atomic mass is 10.1. The molecule has 0 aromatic carbocycles. The zero-order valence-corrected chi connectivity index (χ0v) is 19.0. The number of rotatable bonds is 14. The molecule has 0 amide bonds. The van der Waals surface area contributed by atoms with Gasteiger partial charge in [-0.2, -0.15) is 0 Å². The molecule has 0 rings (SSSR count). The summed E-state index contributed by atoms with van der Waals surface area (Å²) in [5, 5.41) is 10.1. The van der Waals surface area contributed by atoms with E-state index in [4.69, 9.17) is 4.74 Å².